The maximum absolute atomic E-state index is 13.0. The summed E-state index contributed by atoms with van der Waals surface area (Å²) in [6.45, 7) is 5.13. The number of carbonyl (C=O) groups excluding carboxylic acids is 1. The highest BCUT2D eigenvalue weighted by atomic mass is 16.6. The number of rotatable bonds is 17. The van der Waals surface area contributed by atoms with E-state index < -0.39 is 11.6 Å². The fourth-order valence-corrected chi connectivity index (χ4v) is 4.16. The lowest BCUT2D eigenvalue weighted by Crippen LogP contribution is -2.16. The van der Waals surface area contributed by atoms with Gasteiger partial charge in [0.15, 0.2) is 17.1 Å². The molecule has 3 aromatic rings. The molecular weight excluding hydrogens is 480 g/mol. The highest BCUT2D eigenvalue weighted by molar-refractivity contribution is 5.94. The highest BCUT2D eigenvalue weighted by Gasteiger charge is 2.23. The Bertz CT molecular complexity index is 1210. The third-order valence-corrected chi connectivity index (χ3v) is 6.20. The first kappa shape index (κ1) is 29.0. The van der Waals surface area contributed by atoms with Crippen LogP contribution >= 0.6 is 0 Å². The van der Waals surface area contributed by atoms with Gasteiger partial charge in [-0.1, -0.05) is 95.2 Å². The first-order valence-electron chi connectivity index (χ1n) is 13.9. The molecule has 0 N–H and O–H groups in total. The average Bonchev–Trinajstić information content (AvgIpc) is 2.94. The van der Waals surface area contributed by atoms with Crippen LogP contribution in [0.4, 0.5) is 0 Å². The van der Waals surface area contributed by atoms with E-state index in [1.54, 1.807) is 42.5 Å². The number of hydrogen-bond acceptors (Lipinski definition) is 6. The highest BCUT2D eigenvalue weighted by Crippen LogP contribution is 2.37. The zero-order valence-electron chi connectivity index (χ0n) is 22.7. The van der Waals surface area contributed by atoms with Gasteiger partial charge in [-0.05, 0) is 43.5 Å². The normalized spacial score (nSPS) is 11.2. The summed E-state index contributed by atoms with van der Waals surface area (Å²) in [6, 6.07) is 13.9. The van der Waals surface area contributed by atoms with Crippen LogP contribution in [0.1, 0.15) is 88.4 Å². The molecule has 0 aliphatic rings. The minimum atomic E-state index is -0.788. The SMILES string of the molecule is CCC=CCCOc1c(OC(=O)c2ccccc2)c(=O)oc2c(OCCCCCCCCCC)cccc12. The van der Waals surface area contributed by atoms with Gasteiger partial charge in [-0.25, -0.2) is 9.59 Å². The summed E-state index contributed by atoms with van der Waals surface area (Å²) in [6.07, 6.45) is 15.3. The van der Waals surface area contributed by atoms with E-state index in [1.165, 1.54) is 38.5 Å². The summed E-state index contributed by atoms with van der Waals surface area (Å²) >= 11 is 0. The molecule has 0 saturated heterocycles. The summed E-state index contributed by atoms with van der Waals surface area (Å²) < 4.78 is 23.2. The van der Waals surface area contributed by atoms with E-state index in [9.17, 15) is 9.59 Å². The Morgan fingerprint density at radius 1 is 0.789 bits per heavy atom. The van der Waals surface area contributed by atoms with E-state index >= 15 is 0 Å². The summed E-state index contributed by atoms with van der Waals surface area (Å²) in [5, 5.41) is 0.522. The Hall–Kier alpha value is -3.54. The third-order valence-electron chi connectivity index (χ3n) is 6.20. The molecule has 38 heavy (non-hydrogen) atoms. The largest absolute Gasteiger partial charge is 0.490 e. The number of allylic oxidation sites excluding steroid dienone is 1. The maximum Gasteiger partial charge on any atom is 0.383 e. The number of esters is 1. The standard InChI is InChI=1S/C32H40O6/c1-3-5-7-9-10-11-12-17-23-35-27-22-18-21-26-28(27)37-32(34)30(29(26)36-24-16-8-6-4-2)38-31(33)25-19-14-13-15-20-25/h6,8,13-15,18-22H,3-5,7,9-12,16-17,23-24H2,1-2H3. The van der Waals surface area contributed by atoms with Crippen molar-refractivity contribution in [1.29, 1.82) is 0 Å². The molecule has 0 fully saturated rings. The van der Waals surface area contributed by atoms with Gasteiger partial charge in [0, 0.05) is 0 Å². The van der Waals surface area contributed by atoms with Gasteiger partial charge < -0.3 is 18.6 Å². The number of fused-ring (bicyclic) bond motifs is 1. The fourth-order valence-electron chi connectivity index (χ4n) is 4.16. The quantitative estimate of drug-likeness (QED) is 0.0772. The lowest BCUT2D eigenvalue weighted by Gasteiger charge is -2.14. The van der Waals surface area contributed by atoms with Crippen LogP contribution in [0.15, 0.2) is 69.9 Å². The topological polar surface area (TPSA) is 75.0 Å². The van der Waals surface area contributed by atoms with Crippen LogP contribution in [0.5, 0.6) is 17.2 Å². The van der Waals surface area contributed by atoms with Gasteiger partial charge in [0.25, 0.3) is 5.75 Å². The predicted molar refractivity (Wildman–Crippen MR) is 152 cm³/mol. The molecule has 1 aromatic heterocycles. The molecule has 0 atom stereocenters. The molecule has 0 amide bonds. The number of hydrogen-bond donors (Lipinski definition) is 0. The van der Waals surface area contributed by atoms with Crippen LogP contribution in [0, 0.1) is 0 Å². The summed E-state index contributed by atoms with van der Waals surface area (Å²) in [5.74, 6) is -0.261. The Labute approximate surface area is 225 Å². The molecule has 0 saturated carbocycles. The minimum absolute atomic E-state index is 0.183. The first-order chi connectivity index (χ1) is 18.7. The van der Waals surface area contributed by atoms with Crippen molar-refractivity contribution in [2.75, 3.05) is 13.2 Å². The van der Waals surface area contributed by atoms with Crippen molar-refractivity contribution in [3.63, 3.8) is 0 Å². The van der Waals surface area contributed by atoms with Gasteiger partial charge in [0.1, 0.15) is 0 Å². The van der Waals surface area contributed by atoms with Crippen LogP contribution in [0.2, 0.25) is 0 Å². The van der Waals surface area contributed by atoms with E-state index in [2.05, 4.69) is 13.8 Å². The zero-order chi connectivity index (χ0) is 27.0. The van der Waals surface area contributed by atoms with Crippen LogP contribution in [0.25, 0.3) is 11.0 Å². The summed E-state index contributed by atoms with van der Waals surface area (Å²) in [7, 11) is 0. The molecule has 0 radical (unpaired) electrons. The van der Waals surface area contributed by atoms with Crippen molar-refractivity contribution in [2.24, 2.45) is 0 Å². The van der Waals surface area contributed by atoms with Crippen LogP contribution in [-0.4, -0.2) is 19.2 Å². The molecule has 0 unspecified atom stereocenters. The lowest BCUT2D eigenvalue weighted by atomic mass is 10.1. The average molecular weight is 521 g/mol. The van der Waals surface area contributed by atoms with Gasteiger partial charge >= 0.3 is 11.6 Å². The van der Waals surface area contributed by atoms with Crippen molar-refractivity contribution >= 4 is 16.9 Å². The second-order valence-corrected chi connectivity index (χ2v) is 9.28. The van der Waals surface area contributed by atoms with Crippen LogP contribution < -0.4 is 19.8 Å². The first-order valence-corrected chi connectivity index (χ1v) is 13.9. The molecule has 3 rings (SSSR count). The monoisotopic (exact) mass is 520 g/mol. The number of benzene rings is 2. The number of unbranched alkanes of at least 4 members (excludes halogenated alkanes) is 7. The van der Waals surface area contributed by atoms with E-state index in [0.717, 1.165) is 19.3 Å². The van der Waals surface area contributed by atoms with Crippen molar-refractivity contribution in [2.45, 2.75) is 78.1 Å². The van der Waals surface area contributed by atoms with Crippen molar-refractivity contribution in [1.82, 2.24) is 0 Å². The number of para-hydroxylation sites is 1. The van der Waals surface area contributed by atoms with Gasteiger partial charge in [-0.2, -0.15) is 0 Å². The summed E-state index contributed by atoms with van der Waals surface area (Å²) in [5.41, 5.74) is -0.175. The van der Waals surface area contributed by atoms with Crippen LogP contribution in [-0.2, 0) is 0 Å². The molecule has 0 aliphatic carbocycles. The smallest absolute Gasteiger partial charge is 0.383 e. The molecule has 6 nitrogen and oxygen atoms in total. The molecular formula is C32H40O6. The summed E-state index contributed by atoms with van der Waals surface area (Å²) in [4.78, 5) is 25.8. The van der Waals surface area contributed by atoms with Gasteiger partial charge in [-0.3, -0.25) is 0 Å². The van der Waals surface area contributed by atoms with Crippen LogP contribution in [0.3, 0.4) is 0 Å². The Kier molecular flexibility index (Phi) is 12.5. The van der Waals surface area contributed by atoms with E-state index in [1.807, 2.05) is 18.2 Å². The van der Waals surface area contributed by atoms with Gasteiger partial charge in [-0.15, -0.1) is 0 Å². The maximum atomic E-state index is 13.0. The second-order valence-electron chi connectivity index (χ2n) is 9.28. The van der Waals surface area contributed by atoms with Crippen molar-refractivity contribution in [3.8, 4) is 17.2 Å². The predicted octanol–water partition coefficient (Wildman–Crippen LogP) is 8.27. The van der Waals surface area contributed by atoms with Gasteiger partial charge in [0.05, 0.1) is 24.2 Å². The van der Waals surface area contributed by atoms with Crippen molar-refractivity contribution in [3.05, 3.63) is 76.7 Å². The second kappa shape index (κ2) is 16.3. The lowest BCUT2D eigenvalue weighted by molar-refractivity contribution is 0.0721. The fraction of sp³-hybridized carbons (Fsp3) is 0.438. The molecule has 1 heterocycles. The van der Waals surface area contributed by atoms with E-state index in [4.69, 9.17) is 18.6 Å². The molecule has 6 heteroatoms. The zero-order valence-corrected chi connectivity index (χ0v) is 22.7. The molecule has 204 valence electrons. The number of carbonyl (C=O) groups is 1. The molecule has 0 bridgehead atoms. The Morgan fingerprint density at radius 2 is 1.53 bits per heavy atom. The minimum Gasteiger partial charge on any atom is -0.490 e. The molecule has 0 aliphatic heterocycles. The Morgan fingerprint density at radius 3 is 2.26 bits per heavy atom. The van der Waals surface area contributed by atoms with Gasteiger partial charge in [0.2, 0.25) is 0 Å². The third kappa shape index (κ3) is 8.79. The number of ether oxygens (including phenoxy) is 3. The Balaban J connectivity index is 1.77. The molecule has 2 aromatic carbocycles. The van der Waals surface area contributed by atoms with Crippen molar-refractivity contribution < 1.29 is 23.4 Å². The van der Waals surface area contributed by atoms with E-state index in [0.29, 0.717) is 36.3 Å². The molecule has 0 spiro atoms. The van der Waals surface area contributed by atoms with E-state index in [-0.39, 0.29) is 17.1 Å².